The fraction of sp³-hybridized carbons (Fsp3) is 0.500. The van der Waals surface area contributed by atoms with Crippen LogP contribution in [0.5, 0.6) is 0 Å². The van der Waals surface area contributed by atoms with Crippen molar-refractivity contribution >= 4 is 21.8 Å². The van der Waals surface area contributed by atoms with E-state index >= 15 is 0 Å². The van der Waals surface area contributed by atoms with Crippen LogP contribution in [0.2, 0.25) is 0 Å². The molecule has 2 heterocycles. The van der Waals surface area contributed by atoms with Crippen LogP contribution in [-0.4, -0.2) is 42.2 Å². The average Bonchev–Trinajstić information content (AvgIpc) is 2.82. The standard InChI is InChI=1S/C12H18N4O4S/c1-15-7-9(5-10(15)12(14)18)21(19,20)16-4-2-3-8(6-16)11(13)17/h5,7-8H,2-4,6H2,1H3,(H2,13,17)(H2,14,18)/t8-/m1/s1. The molecule has 4 N–H and O–H groups in total. The second-order valence-electron chi connectivity index (χ2n) is 5.14. The zero-order valence-electron chi connectivity index (χ0n) is 11.7. The van der Waals surface area contributed by atoms with Gasteiger partial charge in [-0.3, -0.25) is 9.59 Å². The van der Waals surface area contributed by atoms with Crippen molar-refractivity contribution in [3.63, 3.8) is 0 Å². The summed E-state index contributed by atoms with van der Waals surface area (Å²) in [4.78, 5) is 22.4. The van der Waals surface area contributed by atoms with Gasteiger partial charge in [-0.25, -0.2) is 8.42 Å². The first kappa shape index (κ1) is 15.5. The lowest BCUT2D eigenvalue weighted by Gasteiger charge is -2.29. The number of aromatic nitrogens is 1. The van der Waals surface area contributed by atoms with E-state index in [1.807, 2.05) is 0 Å². The lowest BCUT2D eigenvalue weighted by Crippen LogP contribution is -2.43. The Hall–Kier alpha value is -1.87. The third kappa shape index (κ3) is 2.93. The Labute approximate surface area is 122 Å². The molecule has 2 rings (SSSR count). The first-order valence-corrected chi connectivity index (χ1v) is 7.93. The predicted octanol–water partition coefficient (Wildman–Crippen LogP) is -0.990. The van der Waals surface area contributed by atoms with Crippen molar-refractivity contribution in [3.05, 3.63) is 18.0 Å². The number of carbonyl (C=O) groups is 2. The first-order valence-electron chi connectivity index (χ1n) is 6.49. The Morgan fingerprint density at radius 2 is 2.00 bits per heavy atom. The molecule has 0 unspecified atom stereocenters. The summed E-state index contributed by atoms with van der Waals surface area (Å²) in [7, 11) is -2.22. The molecule has 2 amide bonds. The number of nitrogens with two attached hydrogens (primary N) is 2. The minimum atomic E-state index is -3.77. The van der Waals surface area contributed by atoms with Crippen molar-refractivity contribution in [1.82, 2.24) is 8.87 Å². The Morgan fingerprint density at radius 3 is 2.52 bits per heavy atom. The fourth-order valence-corrected chi connectivity index (χ4v) is 4.06. The van der Waals surface area contributed by atoms with Crippen LogP contribution in [0, 0.1) is 5.92 Å². The Balaban J connectivity index is 2.31. The lowest BCUT2D eigenvalue weighted by molar-refractivity contribution is -0.122. The van der Waals surface area contributed by atoms with Crippen LogP contribution in [0.4, 0.5) is 0 Å². The van der Waals surface area contributed by atoms with Crippen LogP contribution >= 0.6 is 0 Å². The number of nitrogens with zero attached hydrogens (tertiary/aromatic N) is 2. The van der Waals surface area contributed by atoms with Gasteiger partial charge in [0, 0.05) is 26.3 Å². The minimum absolute atomic E-state index is 0.0103. The van der Waals surface area contributed by atoms with Crippen LogP contribution < -0.4 is 11.5 Å². The van der Waals surface area contributed by atoms with Crippen molar-refractivity contribution < 1.29 is 18.0 Å². The van der Waals surface area contributed by atoms with Crippen molar-refractivity contribution in [2.24, 2.45) is 24.4 Å². The van der Waals surface area contributed by atoms with E-state index in [0.717, 1.165) is 0 Å². The molecular formula is C12H18N4O4S. The van der Waals surface area contributed by atoms with E-state index in [2.05, 4.69) is 0 Å². The van der Waals surface area contributed by atoms with Gasteiger partial charge in [-0.1, -0.05) is 0 Å². The number of primary amides is 2. The zero-order valence-corrected chi connectivity index (χ0v) is 12.5. The van der Waals surface area contributed by atoms with E-state index < -0.39 is 27.8 Å². The molecule has 1 saturated heterocycles. The Kier molecular flexibility index (Phi) is 4.06. The molecule has 1 aliphatic heterocycles. The normalized spacial score (nSPS) is 20.3. The van der Waals surface area contributed by atoms with Crippen molar-refractivity contribution in [1.29, 1.82) is 0 Å². The predicted molar refractivity (Wildman–Crippen MR) is 74.6 cm³/mol. The van der Waals surface area contributed by atoms with Crippen LogP contribution in [-0.2, 0) is 21.9 Å². The number of rotatable bonds is 4. The number of hydrogen-bond acceptors (Lipinski definition) is 4. The summed E-state index contributed by atoms with van der Waals surface area (Å²) in [5.41, 5.74) is 10.5. The van der Waals surface area contributed by atoms with Crippen molar-refractivity contribution in [2.45, 2.75) is 17.7 Å². The van der Waals surface area contributed by atoms with Gasteiger partial charge in [-0.15, -0.1) is 0 Å². The molecule has 0 aliphatic carbocycles. The van der Waals surface area contributed by atoms with E-state index in [4.69, 9.17) is 11.5 Å². The van der Waals surface area contributed by atoms with Gasteiger partial charge in [0.15, 0.2) is 0 Å². The maximum atomic E-state index is 12.6. The molecule has 8 nitrogen and oxygen atoms in total. The largest absolute Gasteiger partial charge is 0.369 e. The third-order valence-electron chi connectivity index (χ3n) is 3.66. The quantitative estimate of drug-likeness (QED) is 0.739. The van der Waals surface area contributed by atoms with E-state index in [-0.39, 0.29) is 17.1 Å². The number of piperidine rings is 1. The van der Waals surface area contributed by atoms with Crippen LogP contribution in [0.15, 0.2) is 17.2 Å². The summed E-state index contributed by atoms with van der Waals surface area (Å²) < 4.78 is 27.7. The maximum Gasteiger partial charge on any atom is 0.265 e. The molecule has 116 valence electrons. The molecule has 1 aromatic heterocycles. The average molecular weight is 314 g/mol. The monoisotopic (exact) mass is 314 g/mol. The molecule has 0 bridgehead atoms. The molecule has 1 atom stereocenters. The Morgan fingerprint density at radius 1 is 1.33 bits per heavy atom. The minimum Gasteiger partial charge on any atom is -0.369 e. The highest BCUT2D eigenvalue weighted by atomic mass is 32.2. The molecule has 21 heavy (non-hydrogen) atoms. The highest BCUT2D eigenvalue weighted by Crippen LogP contribution is 2.24. The molecule has 9 heteroatoms. The second-order valence-corrected chi connectivity index (χ2v) is 7.08. The van der Waals surface area contributed by atoms with Gasteiger partial charge >= 0.3 is 0 Å². The van der Waals surface area contributed by atoms with Gasteiger partial charge < -0.3 is 16.0 Å². The van der Waals surface area contributed by atoms with E-state index in [1.165, 1.54) is 21.1 Å². The van der Waals surface area contributed by atoms with Crippen molar-refractivity contribution in [3.8, 4) is 0 Å². The fourth-order valence-electron chi connectivity index (χ4n) is 2.46. The molecular weight excluding hydrogens is 296 g/mol. The van der Waals surface area contributed by atoms with E-state index in [1.54, 1.807) is 7.05 Å². The van der Waals surface area contributed by atoms with Gasteiger partial charge in [0.25, 0.3) is 5.91 Å². The number of amides is 2. The SMILES string of the molecule is Cn1cc(S(=O)(=O)N2CCC[C@@H](C(N)=O)C2)cc1C(N)=O. The zero-order chi connectivity index (χ0) is 15.8. The molecule has 0 radical (unpaired) electrons. The molecule has 1 aromatic rings. The molecule has 1 aliphatic rings. The highest BCUT2D eigenvalue weighted by molar-refractivity contribution is 7.89. The summed E-state index contributed by atoms with van der Waals surface area (Å²) in [5, 5.41) is 0. The maximum absolute atomic E-state index is 12.6. The van der Waals surface area contributed by atoms with E-state index in [9.17, 15) is 18.0 Å². The summed E-state index contributed by atoms with van der Waals surface area (Å²) in [5.74, 6) is -1.68. The highest BCUT2D eigenvalue weighted by Gasteiger charge is 2.33. The molecule has 0 aromatic carbocycles. The van der Waals surface area contributed by atoms with Gasteiger partial charge in [0.2, 0.25) is 15.9 Å². The van der Waals surface area contributed by atoms with Gasteiger partial charge in [0.1, 0.15) is 10.6 Å². The summed E-state index contributed by atoms with van der Waals surface area (Å²) in [6, 6.07) is 1.24. The van der Waals surface area contributed by atoms with E-state index in [0.29, 0.717) is 19.4 Å². The number of hydrogen-bond donors (Lipinski definition) is 2. The number of carbonyl (C=O) groups excluding carboxylic acids is 2. The van der Waals surface area contributed by atoms with Crippen LogP contribution in [0.1, 0.15) is 23.3 Å². The van der Waals surface area contributed by atoms with Gasteiger partial charge in [-0.05, 0) is 18.9 Å². The van der Waals surface area contributed by atoms with Gasteiger partial charge in [0.05, 0.1) is 5.92 Å². The molecule has 1 fully saturated rings. The summed E-state index contributed by atoms with van der Waals surface area (Å²) >= 11 is 0. The lowest BCUT2D eigenvalue weighted by atomic mass is 9.99. The molecule has 0 saturated carbocycles. The first-order chi connectivity index (χ1) is 9.73. The second kappa shape index (κ2) is 5.49. The van der Waals surface area contributed by atoms with Gasteiger partial charge in [-0.2, -0.15) is 4.31 Å². The van der Waals surface area contributed by atoms with Crippen molar-refractivity contribution in [2.75, 3.05) is 13.1 Å². The summed E-state index contributed by atoms with van der Waals surface area (Å²) in [6.07, 6.45) is 2.49. The number of sulfonamides is 1. The summed E-state index contributed by atoms with van der Waals surface area (Å²) in [6.45, 7) is 0.394. The van der Waals surface area contributed by atoms with Crippen LogP contribution in [0.25, 0.3) is 0 Å². The third-order valence-corrected chi connectivity index (χ3v) is 5.49. The topological polar surface area (TPSA) is 128 Å². The molecule has 0 spiro atoms. The smallest absolute Gasteiger partial charge is 0.265 e. The van der Waals surface area contributed by atoms with Crippen LogP contribution in [0.3, 0.4) is 0 Å². The number of aryl methyl sites for hydroxylation is 1. The Bertz CT molecular complexity index is 679.